The van der Waals surface area contributed by atoms with Crippen LogP contribution in [0.2, 0.25) is 5.02 Å². The van der Waals surface area contributed by atoms with E-state index in [1.165, 1.54) is 6.07 Å². The van der Waals surface area contributed by atoms with E-state index in [0.717, 1.165) is 16.5 Å². The van der Waals surface area contributed by atoms with Crippen LogP contribution >= 0.6 is 11.6 Å². The summed E-state index contributed by atoms with van der Waals surface area (Å²) in [6.07, 6.45) is 3.43. The van der Waals surface area contributed by atoms with E-state index in [9.17, 15) is 9.59 Å². The Morgan fingerprint density at radius 1 is 1.35 bits per heavy atom. The topological polar surface area (TPSA) is 77.2 Å². The van der Waals surface area contributed by atoms with Crippen molar-refractivity contribution in [1.82, 2.24) is 0 Å². The molecule has 116 valence electrons. The van der Waals surface area contributed by atoms with Crippen LogP contribution in [0.1, 0.15) is 21.5 Å². The fourth-order valence-electron chi connectivity index (χ4n) is 2.44. The lowest BCUT2D eigenvalue weighted by Gasteiger charge is -2.05. The molecule has 0 bridgehead atoms. The lowest BCUT2D eigenvalue weighted by molar-refractivity contribution is -0.688. The van der Waals surface area contributed by atoms with Crippen LogP contribution in [0.4, 0.5) is 0 Å². The van der Waals surface area contributed by atoms with Gasteiger partial charge in [-0.25, -0.2) is 4.79 Å². The van der Waals surface area contributed by atoms with Gasteiger partial charge in [0.25, 0.3) is 5.91 Å². The van der Waals surface area contributed by atoms with Gasteiger partial charge in [-0.1, -0.05) is 11.6 Å². The van der Waals surface area contributed by atoms with Gasteiger partial charge in [0.2, 0.25) is 0 Å². The predicted octanol–water partition coefficient (Wildman–Crippen LogP) is 2.19. The lowest BCUT2D eigenvalue weighted by atomic mass is 10.1. The average Bonchev–Trinajstić information content (AvgIpc) is 2.49. The normalized spacial score (nSPS) is 10.9. The molecule has 1 amide bonds. The van der Waals surface area contributed by atoms with Gasteiger partial charge in [-0.2, -0.15) is 4.57 Å². The van der Waals surface area contributed by atoms with Crippen molar-refractivity contribution in [2.24, 2.45) is 5.73 Å². The lowest BCUT2D eigenvalue weighted by Crippen LogP contribution is -2.35. The number of rotatable bonds is 3. The van der Waals surface area contributed by atoms with E-state index in [1.54, 1.807) is 41.2 Å². The Hall–Kier alpha value is -2.66. The Morgan fingerprint density at radius 3 is 2.87 bits per heavy atom. The molecule has 0 saturated carbocycles. The zero-order valence-corrected chi connectivity index (χ0v) is 13.1. The summed E-state index contributed by atoms with van der Waals surface area (Å²) in [6, 6.07) is 8.31. The second-order valence-electron chi connectivity index (χ2n) is 5.32. The van der Waals surface area contributed by atoms with Gasteiger partial charge in [0.1, 0.15) is 11.1 Å². The van der Waals surface area contributed by atoms with E-state index < -0.39 is 11.5 Å². The van der Waals surface area contributed by atoms with Crippen LogP contribution in [-0.2, 0) is 6.54 Å². The Kier molecular flexibility index (Phi) is 3.88. The van der Waals surface area contributed by atoms with E-state index in [1.807, 2.05) is 6.92 Å². The number of aromatic nitrogens is 1. The number of primary amides is 1. The largest absolute Gasteiger partial charge is 0.423 e. The summed E-state index contributed by atoms with van der Waals surface area (Å²) >= 11 is 6.18. The fourth-order valence-corrected chi connectivity index (χ4v) is 2.61. The fraction of sp³-hybridized carbons (Fsp3) is 0.118. The summed E-state index contributed by atoms with van der Waals surface area (Å²) < 4.78 is 7.02. The molecule has 0 saturated heterocycles. The predicted molar refractivity (Wildman–Crippen MR) is 86.5 cm³/mol. The number of amides is 1. The maximum Gasteiger partial charge on any atom is 0.336 e. The van der Waals surface area contributed by atoms with E-state index in [2.05, 4.69) is 0 Å². The molecule has 5 nitrogen and oxygen atoms in total. The van der Waals surface area contributed by atoms with E-state index in [-0.39, 0.29) is 0 Å². The number of halogens is 1. The number of hydrogen-bond donors (Lipinski definition) is 1. The molecule has 2 N–H and O–H groups in total. The molecule has 3 rings (SSSR count). The minimum Gasteiger partial charge on any atom is -0.423 e. The highest BCUT2D eigenvalue weighted by Gasteiger charge is 2.13. The zero-order chi connectivity index (χ0) is 16.6. The van der Waals surface area contributed by atoms with Gasteiger partial charge in [-0.05, 0) is 30.7 Å². The monoisotopic (exact) mass is 329 g/mol. The van der Waals surface area contributed by atoms with Gasteiger partial charge in [-0.3, -0.25) is 4.79 Å². The van der Waals surface area contributed by atoms with Crippen LogP contribution in [0.3, 0.4) is 0 Å². The third kappa shape index (κ3) is 3.10. The van der Waals surface area contributed by atoms with Gasteiger partial charge in [0.05, 0.1) is 0 Å². The van der Waals surface area contributed by atoms with Crippen LogP contribution in [0.25, 0.3) is 11.0 Å². The first-order valence-electron chi connectivity index (χ1n) is 6.96. The third-order valence-electron chi connectivity index (χ3n) is 3.61. The number of nitrogens with two attached hydrogens (primary N) is 1. The van der Waals surface area contributed by atoms with E-state index in [0.29, 0.717) is 22.7 Å². The van der Waals surface area contributed by atoms with Crippen molar-refractivity contribution in [2.75, 3.05) is 0 Å². The van der Waals surface area contributed by atoms with Gasteiger partial charge >= 0.3 is 5.63 Å². The van der Waals surface area contributed by atoms with Crippen LogP contribution in [-0.4, -0.2) is 5.91 Å². The molecular weight excluding hydrogens is 316 g/mol. The van der Waals surface area contributed by atoms with Gasteiger partial charge < -0.3 is 10.2 Å². The number of aryl methyl sites for hydroxylation is 1. The maximum atomic E-state index is 11.8. The number of benzene rings is 1. The minimum atomic E-state index is -0.504. The van der Waals surface area contributed by atoms with Crippen molar-refractivity contribution in [3.8, 4) is 0 Å². The van der Waals surface area contributed by atoms with E-state index >= 15 is 0 Å². The SMILES string of the molecule is Cc1cc2oc(=O)cc(C[n+]3cccc(C(N)=O)c3)c2cc1Cl. The molecule has 0 radical (unpaired) electrons. The van der Waals surface area contributed by atoms with Crippen molar-refractivity contribution in [3.63, 3.8) is 0 Å². The highest BCUT2D eigenvalue weighted by molar-refractivity contribution is 6.32. The summed E-state index contributed by atoms with van der Waals surface area (Å²) in [4.78, 5) is 23.1. The summed E-state index contributed by atoms with van der Waals surface area (Å²) in [6.45, 7) is 2.24. The minimum absolute atomic E-state index is 0.391. The molecule has 3 aromatic rings. The second kappa shape index (κ2) is 5.85. The molecule has 2 aromatic heterocycles. The Balaban J connectivity index is 2.13. The molecule has 0 aliphatic carbocycles. The van der Waals surface area contributed by atoms with Crippen LogP contribution in [0.15, 0.2) is 51.9 Å². The highest BCUT2D eigenvalue weighted by atomic mass is 35.5. The summed E-state index contributed by atoms with van der Waals surface area (Å²) in [7, 11) is 0. The van der Waals surface area contributed by atoms with E-state index in [4.69, 9.17) is 21.8 Å². The second-order valence-corrected chi connectivity index (χ2v) is 5.72. The van der Waals surface area contributed by atoms with Crippen LogP contribution in [0.5, 0.6) is 0 Å². The molecule has 0 aliphatic heterocycles. The third-order valence-corrected chi connectivity index (χ3v) is 4.01. The highest BCUT2D eigenvalue weighted by Crippen LogP contribution is 2.25. The molecule has 2 heterocycles. The number of pyridine rings is 1. The number of carbonyl (C=O) groups is 1. The Bertz CT molecular complexity index is 979. The Morgan fingerprint density at radius 2 is 2.13 bits per heavy atom. The standard InChI is InChI=1S/C17H13ClN2O3/c1-10-5-15-13(7-14(10)18)12(6-16(21)23-15)9-20-4-2-3-11(8-20)17(19)22/h2-8H,9H2,1H3,(H-,19,22)/p+1. The van der Waals surface area contributed by atoms with Crippen molar-refractivity contribution in [1.29, 1.82) is 0 Å². The molecule has 0 aliphatic rings. The summed E-state index contributed by atoms with van der Waals surface area (Å²) in [5.41, 5.74) is 7.34. The number of nitrogens with zero attached hydrogens (tertiary/aromatic N) is 1. The molecule has 0 spiro atoms. The van der Waals surface area contributed by atoms with Gasteiger partial charge in [-0.15, -0.1) is 0 Å². The molecule has 0 fully saturated rings. The Labute approximate surface area is 136 Å². The quantitative estimate of drug-likeness (QED) is 0.591. The molecular formula is C17H14ClN2O3+. The molecule has 0 unspecified atom stereocenters. The smallest absolute Gasteiger partial charge is 0.336 e. The number of hydrogen-bond acceptors (Lipinski definition) is 3. The van der Waals surface area contributed by atoms with Gasteiger partial charge in [0.15, 0.2) is 18.9 Å². The van der Waals surface area contributed by atoms with Crippen molar-refractivity contribution in [2.45, 2.75) is 13.5 Å². The first kappa shape index (κ1) is 15.2. The first-order chi connectivity index (χ1) is 10.9. The molecule has 23 heavy (non-hydrogen) atoms. The number of fused-ring (bicyclic) bond motifs is 1. The van der Waals surface area contributed by atoms with Crippen molar-refractivity contribution < 1.29 is 13.8 Å². The van der Waals surface area contributed by atoms with Crippen molar-refractivity contribution >= 4 is 28.5 Å². The van der Waals surface area contributed by atoms with Crippen LogP contribution < -0.4 is 15.9 Å². The zero-order valence-electron chi connectivity index (χ0n) is 12.4. The molecule has 1 aromatic carbocycles. The van der Waals surface area contributed by atoms with Crippen LogP contribution in [0, 0.1) is 6.92 Å². The van der Waals surface area contributed by atoms with Gasteiger partial charge in [0, 0.05) is 28.1 Å². The molecule has 6 heteroatoms. The van der Waals surface area contributed by atoms with Crippen molar-refractivity contribution in [3.05, 3.63) is 74.9 Å². The number of carbonyl (C=O) groups excluding carboxylic acids is 1. The summed E-state index contributed by atoms with van der Waals surface area (Å²) in [5, 5.41) is 1.36. The maximum absolute atomic E-state index is 11.8. The summed E-state index contributed by atoms with van der Waals surface area (Å²) in [5.74, 6) is -0.504. The molecule has 0 atom stereocenters. The first-order valence-corrected chi connectivity index (χ1v) is 7.33. The average molecular weight is 330 g/mol.